The van der Waals surface area contributed by atoms with Gasteiger partial charge in [0.05, 0.1) is 5.28 Å². The van der Waals surface area contributed by atoms with E-state index in [2.05, 4.69) is 73.6 Å². The molecule has 0 N–H and O–H groups in total. The molecule has 1 nitrogen and oxygen atoms in total. The van der Waals surface area contributed by atoms with Crippen LogP contribution in [0.5, 0.6) is 0 Å². The molecule has 152 valence electrons. The lowest BCUT2D eigenvalue weighted by Gasteiger charge is -2.56. The van der Waals surface area contributed by atoms with Crippen molar-refractivity contribution < 1.29 is 0 Å². The Kier molecular flexibility index (Phi) is 6.74. The second-order valence-corrected chi connectivity index (χ2v) is 12.3. The Morgan fingerprint density at radius 2 is 1.36 bits per heavy atom. The number of benzene rings is 1. The SMILES string of the molecule is CN(C)C1(P(C2CCCCC2)C2CCCCC2)C=CC=CC1c1ccccc1. The topological polar surface area (TPSA) is 3.24 Å². The lowest BCUT2D eigenvalue weighted by molar-refractivity contribution is 0.271. The Balaban J connectivity index is 1.80. The third-order valence-corrected chi connectivity index (χ3v) is 11.7. The summed E-state index contributed by atoms with van der Waals surface area (Å²) in [4.78, 5) is 2.62. The number of hydrogen-bond donors (Lipinski definition) is 0. The van der Waals surface area contributed by atoms with Crippen molar-refractivity contribution in [3.05, 3.63) is 60.2 Å². The lowest BCUT2D eigenvalue weighted by Crippen LogP contribution is -2.50. The molecule has 2 fully saturated rings. The van der Waals surface area contributed by atoms with E-state index in [1.165, 1.54) is 69.8 Å². The van der Waals surface area contributed by atoms with Gasteiger partial charge in [0.2, 0.25) is 0 Å². The summed E-state index contributed by atoms with van der Waals surface area (Å²) >= 11 is 0. The molecule has 0 radical (unpaired) electrons. The van der Waals surface area contributed by atoms with Crippen LogP contribution in [-0.2, 0) is 0 Å². The molecule has 3 aliphatic rings. The van der Waals surface area contributed by atoms with Crippen LogP contribution < -0.4 is 0 Å². The van der Waals surface area contributed by atoms with Crippen molar-refractivity contribution in [1.82, 2.24) is 4.90 Å². The second-order valence-electron chi connectivity index (χ2n) is 9.30. The zero-order valence-electron chi connectivity index (χ0n) is 17.9. The highest BCUT2D eigenvalue weighted by atomic mass is 31.1. The maximum atomic E-state index is 2.62. The van der Waals surface area contributed by atoms with Gasteiger partial charge in [0, 0.05) is 5.92 Å². The molecule has 0 aromatic heterocycles. The smallest absolute Gasteiger partial charge is 0.0695 e. The van der Waals surface area contributed by atoms with Gasteiger partial charge in [-0.1, -0.05) is 101 Å². The predicted molar refractivity (Wildman–Crippen MR) is 125 cm³/mol. The Morgan fingerprint density at radius 1 is 0.786 bits per heavy atom. The van der Waals surface area contributed by atoms with Crippen LogP contribution in [0.25, 0.3) is 0 Å². The minimum Gasteiger partial charge on any atom is -0.296 e. The molecule has 3 aliphatic carbocycles. The first-order valence-electron chi connectivity index (χ1n) is 11.6. The van der Waals surface area contributed by atoms with Gasteiger partial charge in [-0.05, 0) is 56.7 Å². The van der Waals surface area contributed by atoms with E-state index in [4.69, 9.17) is 0 Å². The van der Waals surface area contributed by atoms with Gasteiger partial charge in [0.1, 0.15) is 0 Å². The van der Waals surface area contributed by atoms with Crippen molar-refractivity contribution in [2.24, 2.45) is 0 Å². The molecule has 0 bridgehead atoms. The summed E-state index contributed by atoms with van der Waals surface area (Å²) in [5.41, 5.74) is 3.38. The van der Waals surface area contributed by atoms with Crippen molar-refractivity contribution in [2.75, 3.05) is 14.1 Å². The minimum atomic E-state index is -0.114. The summed E-state index contributed by atoms with van der Waals surface area (Å²) in [5.74, 6) is 0.476. The standard InChI is InChI=1S/C26H38NP/c1-27(2)26(21-13-12-20-25(26)22-14-6-3-7-15-22)28(23-16-8-4-9-17-23)24-18-10-5-11-19-24/h3,6-7,12-15,20-21,23-25H,4-5,8-11,16-19H2,1-2H3. The Morgan fingerprint density at radius 3 is 1.89 bits per heavy atom. The zero-order valence-corrected chi connectivity index (χ0v) is 18.8. The van der Waals surface area contributed by atoms with Crippen LogP contribution >= 0.6 is 7.92 Å². The third-order valence-electron chi connectivity index (χ3n) is 7.44. The summed E-state index contributed by atoms with van der Waals surface area (Å²) < 4.78 is 0. The van der Waals surface area contributed by atoms with E-state index in [-0.39, 0.29) is 13.2 Å². The van der Waals surface area contributed by atoms with E-state index in [1.807, 2.05) is 0 Å². The highest BCUT2D eigenvalue weighted by Crippen LogP contribution is 2.69. The molecule has 2 unspecified atom stereocenters. The number of rotatable bonds is 5. The molecule has 28 heavy (non-hydrogen) atoms. The van der Waals surface area contributed by atoms with Crippen molar-refractivity contribution in [3.63, 3.8) is 0 Å². The molecular formula is C26H38NP. The molecule has 0 saturated heterocycles. The Bertz CT molecular complexity index is 649. The van der Waals surface area contributed by atoms with Gasteiger partial charge in [-0.15, -0.1) is 0 Å². The first-order valence-corrected chi connectivity index (χ1v) is 13.1. The first-order chi connectivity index (χ1) is 13.7. The molecule has 2 saturated carbocycles. The Labute approximate surface area is 174 Å². The van der Waals surface area contributed by atoms with E-state index in [0.29, 0.717) is 5.92 Å². The normalized spacial score (nSPS) is 29.6. The number of likely N-dealkylation sites (N-methyl/N-ethyl adjacent to an activating group) is 1. The Hall–Kier alpha value is -0.910. The monoisotopic (exact) mass is 395 g/mol. The molecule has 0 aliphatic heterocycles. The highest BCUT2D eigenvalue weighted by Gasteiger charge is 2.51. The highest BCUT2D eigenvalue weighted by molar-refractivity contribution is 7.61. The molecule has 0 amide bonds. The number of nitrogens with zero attached hydrogens (tertiary/aromatic N) is 1. The van der Waals surface area contributed by atoms with Gasteiger partial charge in [0.25, 0.3) is 0 Å². The fourth-order valence-corrected chi connectivity index (χ4v) is 11.0. The molecule has 2 heteroatoms. The van der Waals surface area contributed by atoms with Crippen LogP contribution in [0.2, 0.25) is 0 Å². The van der Waals surface area contributed by atoms with Gasteiger partial charge < -0.3 is 0 Å². The lowest BCUT2D eigenvalue weighted by atomic mass is 9.86. The van der Waals surface area contributed by atoms with E-state index in [9.17, 15) is 0 Å². The summed E-state index contributed by atoms with van der Waals surface area (Å²) in [5, 5.41) is 0.162. The molecule has 1 aromatic carbocycles. The second kappa shape index (κ2) is 9.27. The molecule has 0 spiro atoms. The summed E-state index contributed by atoms with van der Waals surface area (Å²) in [7, 11) is 4.61. The van der Waals surface area contributed by atoms with Crippen molar-refractivity contribution in [2.45, 2.75) is 86.7 Å². The molecule has 0 heterocycles. The van der Waals surface area contributed by atoms with Crippen LogP contribution in [0.1, 0.15) is 75.7 Å². The molecule has 1 aromatic rings. The first kappa shape index (κ1) is 20.4. The van der Waals surface area contributed by atoms with Gasteiger partial charge in [-0.3, -0.25) is 4.90 Å². The summed E-state index contributed by atoms with van der Waals surface area (Å²) in [6, 6.07) is 11.3. The van der Waals surface area contributed by atoms with E-state index >= 15 is 0 Å². The van der Waals surface area contributed by atoms with E-state index < -0.39 is 0 Å². The van der Waals surface area contributed by atoms with Crippen LogP contribution in [0.15, 0.2) is 54.6 Å². The third kappa shape index (κ3) is 3.90. The van der Waals surface area contributed by atoms with Crippen molar-refractivity contribution in [1.29, 1.82) is 0 Å². The van der Waals surface area contributed by atoms with Gasteiger partial charge in [-0.2, -0.15) is 0 Å². The summed E-state index contributed by atoms with van der Waals surface area (Å²) in [6.45, 7) is 0. The van der Waals surface area contributed by atoms with Gasteiger partial charge in [0.15, 0.2) is 0 Å². The number of hydrogen-bond acceptors (Lipinski definition) is 1. The quantitative estimate of drug-likeness (QED) is 0.473. The maximum absolute atomic E-state index is 2.62. The van der Waals surface area contributed by atoms with E-state index in [1.54, 1.807) is 0 Å². The van der Waals surface area contributed by atoms with Gasteiger partial charge in [-0.25, -0.2) is 0 Å². The largest absolute Gasteiger partial charge is 0.296 e. The average Bonchev–Trinajstić information content (AvgIpc) is 2.76. The maximum Gasteiger partial charge on any atom is 0.0695 e. The minimum absolute atomic E-state index is 0.114. The average molecular weight is 396 g/mol. The number of allylic oxidation sites excluding steroid dienone is 2. The van der Waals surface area contributed by atoms with Crippen molar-refractivity contribution >= 4 is 7.92 Å². The molecular weight excluding hydrogens is 357 g/mol. The van der Waals surface area contributed by atoms with Gasteiger partial charge >= 0.3 is 0 Å². The van der Waals surface area contributed by atoms with Crippen LogP contribution in [-0.4, -0.2) is 35.6 Å². The van der Waals surface area contributed by atoms with Crippen molar-refractivity contribution in [3.8, 4) is 0 Å². The van der Waals surface area contributed by atoms with Crippen LogP contribution in [0.4, 0.5) is 0 Å². The molecule has 4 rings (SSSR count). The fourth-order valence-electron chi connectivity index (χ4n) is 6.14. The predicted octanol–water partition coefficient (Wildman–Crippen LogP) is 7.30. The summed E-state index contributed by atoms with van der Waals surface area (Å²) in [6.07, 6.45) is 24.4. The van der Waals surface area contributed by atoms with E-state index in [0.717, 1.165) is 11.3 Å². The van der Waals surface area contributed by atoms with Crippen LogP contribution in [0.3, 0.4) is 0 Å². The fraction of sp³-hybridized carbons (Fsp3) is 0.615. The molecule has 2 atom stereocenters. The zero-order chi connectivity index (χ0) is 19.4. The van der Waals surface area contributed by atoms with Crippen LogP contribution in [0, 0.1) is 0 Å².